The Morgan fingerprint density at radius 1 is 1.03 bits per heavy atom. The van der Waals surface area contributed by atoms with Crippen LogP contribution in [0, 0.1) is 0 Å². The summed E-state index contributed by atoms with van der Waals surface area (Å²) in [7, 11) is -3.74. The summed E-state index contributed by atoms with van der Waals surface area (Å²) in [4.78, 5) is 18.8. The van der Waals surface area contributed by atoms with Crippen LogP contribution in [0.25, 0.3) is 20.1 Å². The van der Waals surface area contributed by atoms with Crippen molar-refractivity contribution in [1.82, 2.24) is 10.3 Å². The highest BCUT2D eigenvalue weighted by molar-refractivity contribution is 7.89. The summed E-state index contributed by atoms with van der Waals surface area (Å²) >= 11 is 2.99. The minimum atomic E-state index is -3.74. The minimum absolute atomic E-state index is 0.0403. The SMILES string of the molecule is C[C@@H](NC(=O)c1ccc(-c2nc3ccccc3s2)s1)c1ccc(S(N)(=O)=O)cc1. The molecular formula is C20H17N3O3S3. The van der Waals surface area contributed by atoms with Crippen LogP contribution in [0.4, 0.5) is 0 Å². The van der Waals surface area contributed by atoms with E-state index >= 15 is 0 Å². The maximum atomic E-state index is 12.6. The average Bonchev–Trinajstić information content (AvgIpc) is 3.34. The fourth-order valence-electron chi connectivity index (χ4n) is 2.85. The molecule has 29 heavy (non-hydrogen) atoms. The van der Waals surface area contributed by atoms with Gasteiger partial charge in [0.1, 0.15) is 5.01 Å². The van der Waals surface area contributed by atoms with Gasteiger partial charge in [-0.2, -0.15) is 0 Å². The molecule has 2 aromatic carbocycles. The van der Waals surface area contributed by atoms with Gasteiger partial charge in [0.25, 0.3) is 5.91 Å². The predicted octanol–water partition coefficient (Wildman–Crippen LogP) is 4.16. The predicted molar refractivity (Wildman–Crippen MR) is 117 cm³/mol. The lowest BCUT2D eigenvalue weighted by Crippen LogP contribution is -2.25. The van der Waals surface area contributed by atoms with Gasteiger partial charge in [0, 0.05) is 0 Å². The van der Waals surface area contributed by atoms with Crippen molar-refractivity contribution in [3.8, 4) is 9.88 Å². The lowest BCUT2D eigenvalue weighted by molar-refractivity contribution is 0.0944. The molecular weight excluding hydrogens is 426 g/mol. The number of hydrogen-bond donors (Lipinski definition) is 2. The highest BCUT2D eigenvalue weighted by Gasteiger charge is 2.16. The number of hydrogen-bond acceptors (Lipinski definition) is 6. The summed E-state index contributed by atoms with van der Waals surface area (Å²) in [5, 5.41) is 8.94. The molecule has 3 N–H and O–H groups in total. The summed E-state index contributed by atoms with van der Waals surface area (Å²) < 4.78 is 23.8. The van der Waals surface area contributed by atoms with Crippen molar-refractivity contribution >= 4 is 48.8 Å². The first-order valence-corrected chi connectivity index (χ1v) is 11.9. The summed E-state index contributed by atoms with van der Waals surface area (Å²) in [6.07, 6.45) is 0. The number of carbonyl (C=O) groups excluding carboxylic acids is 1. The van der Waals surface area contributed by atoms with Gasteiger partial charge in [-0.3, -0.25) is 4.79 Å². The van der Waals surface area contributed by atoms with Crippen LogP contribution in [0.2, 0.25) is 0 Å². The molecule has 148 valence electrons. The fraction of sp³-hybridized carbons (Fsp3) is 0.100. The number of primary sulfonamides is 1. The number of thiophene rings is 1. The molecule has 2 heterocycles. The number of aromatic nitrogens is 1. The van der Waals surface area contributed by atoms with E-state index in [1.54, 1.807) is 29.5 Å². The number of amides is 1. The van der Waals surface area contributed by atoms with Gasteiger partial charge in [-0.05, 0) is 48.9 Å². The Labute approximate surface area is 176 Å². The smallest absolute Gasteiger partial charge is 0.261 e. The summed E-state index contributed by atoms with van der Waals surface area (Å²) in [6, 6.07) is 17.5. The number of benzene rings is 2. The van der Waals surface area contributed by atoms with Gasteiger partial charge in [0.2, 0.25) is 10.0 Å². The topological polar surface area (TPSA) is 102 Å². The number of rotatable bonds is 5. The normalized spacial score (nSPS) is 12.8. The van der Waals surface area contributed by atoms with Crippen LogP contribution >= 0.6 is 22.7 Å². The Hall–Kier alpha value is -2.59. The van der Waals surface area contributed by atoms with Crippen LogP contribution in [-0.4, -0.2) is 19.3 Å². The molecule has 6 nitrogen and oxygen atoms in total. The van der Waals surface area contributed by atoms with Gasteiger partial charge in [-0.25, -0.2) is 18.5 Å². The van der Waals surface area contributed by atoms with Crippen molar-refractivity contribution in [1.29, 1.82) is 0 Å². The molecule has 4 aromatic rings. The quantitative estimate of drug-likeness (QED) is 0.483. The summed E-state index contributed by atoms with van der Waals surface area (Å²) in [5.41, 5.74) is 1.73. The van der Waals surface area contributed by atoms with E-state index < -0.39 is 10.0 Å². The molecule has 0 unspecified atom stereocenters. The Morgan fingerprint density at radius 2 is 1.76 bits per heavy atom. The number of nitrogens with zero attached hydrogens (tertiary/aromatic N) is 1. The van der Waals surface area contributed by atoms with Crippen LogP contribution in [0.5, 0.6) is 0 Å². The van der Waals surface area contributed by atoms with Gasteiger partial charge in [0.05, 0.1) is 30.9 Å². The summed E-state index contributed by atoms with van der Waals surface area (Å²) in [5.74, 6) is -0.189. The van der Waals surface area contributed by atoms with Crippen molar-refractivity contribution in [2.45, 2.75) is 17.9 Å². The Kier molecular flexibility index (Phi) is 5.22. The van der Waals surface area contributed by atoms with Crippen LogP contribution in [0.1, 0.15) is 28.2 Å². The molecule has 0 saturated carbocycles. The third-order valence-corrected chi connectivity index (χ3v) is 7.61. The van der Waals surface area contributed by atoms with E-state index in [1.165, 1.54) is 23.5 Å². The molecule has 0 radical (unpaired) electrons. The molecule has 0 bridgehead atoms. The molecule has 9 heteroatoms. The minimum Gasteiger partial charge on any atom is -0.345 e. The zero-order valence-electron chi connectivity index (χ0n) is 15.3. The molecule has 0 aliphatic heterocycles. The van der Waals surface area contributed by atoms with E-state index in [0.29, 0.717) is 4.88 Å². The van der Waals surface area contributed by atoms with E-state index in [9.17, 15) is 13.2 Å². The Balaban J connectivity index is 1.49. The van der Waals surface area contributed by atoms with Crippen molar-refractivity contribution < 1.29 is 13.2 Å². The highest BCUT2D eigenvalue weighted by atomic mass is 32.2. The molecule has 4 rings (SSSR count). The van der Waals surface area contributed by atoms with E-state index in [1.807, 2.05) is 37.3 Å². The number of thiazole rings is 1. The number of fused-ring (bicyclic) bond motifs is 1. The zero-order chi connectivity index (χ0) is 20.6. The van der Waals surface area contributed by atoms with E-state index in [0.717, 1.165) is 25.7 Å². The number of carbonyl (C=O) groups is 1. The van der Waals surface area contributed by atoms with Crippen molar-refractivity contribution in [3.63, 3.8) is 0 Å². The number of nitrogens with one attached hydrogen (secondary N) is 1. The second-order valence-electron chi connectivity index (χ2n) is 6.46. The largest absolute Gasteiger partial charge is 0.345 e. The van der Waals surface area contributed by atoms with E-state index in [2.05, 4.69) is 10.3 Å². The highest BCUT2D eigenvalue weighted by Crippen LogP contribution is 2.34. The summed E-state index contributed by atoms with van der Waals surface area (Å²) in [6.45, 7) is 1.84. The number of nitrogens with two attached hydrogens (primary N) is 1. The molecule has 2 aromatic heterocycles. The molecule has 0 fully saturated rings. The molecule has 0 saturated heterocycles. The number of sulfonamides is 1. The third kappa shape index (κ3) is 4.23. The fourth-order valence-corrected chi connectivity index (χ4v) is 5.29. The lowest BCUT2D eigenvalue weighted by Gasteiger charge is -2.14. The van der Waals surface area contributed by atoms with Gasteiger partial charge < -0.3 is 5.32 Å². The zero-order valence-corrected chi connectivity index (χ0v) is 17.8. The molecule has 1 atom stereocenters. The van der Waals surface area contributed by atoms with Crippen molar-refractivity contribution in [2.24, 2.45) is 5.14 Å². The lowest BCUT2D eigenvalue weighted by atomic mass is 10.1. The Bertz CT molecular complexity index is 1260. The first-order chi connectivity index (χ1) is 13.8. The monoisotopic (exact) mass is 443 g/mol. The van der Waals surface area contributed by atoms with E-state index in [4.69, 9.17) is 5.14 Å². The van der Waals surface area contributed by atoms with Crippen LogP contribution in [-0.2, 0) is 10.0 Å². The second-order valence-corrected chi connectivity index (χ2v) is 10.1. The van der Waals surface area contributed by atoms with Crippen LogP contribution in [0.15, 0.2) is 65.6 Å². The van der Waals surface area contributed by atoms with Gasteiger partial charge in [-0.1, -0.05) is 24.3 Å². The second kappa shape index (κ2) is 7.68. The van der Waals surface area contributed by atoms with Crippen molar-refractivity contribution in [3.05, 3.63) is 71.1 Å². The van der Waals surface area contributed by atoms with Crippen LogP contribution < -0.4 is 10.5 Å². The molecule has 0 spiro atoms. The number of para-hydroxylation sites is 1. The maximum absolute atomic E-state index is 12.6. The third-order valence-electron chi connectivity index (χ3n) is 4.39. The van der Waals surface area contributed by atoms with Gasteiger partial charge >= 0.3 is 0 Å². The molecule has 0 aliphatic rings. The van der Waals surface area contributed by atoms with Crippen LogP contribution in [0.3, 0.4) is 0 Å². The maximum Gasteiger partial charge on any atom is 0.261 e. The van der Waals surface area contributed by atoms with Crippen molar-refractivity contribution in [2.75, 3.05) is 0 Å². The van der Waals surface area contributed by atoms with Gasteiger partial charge in [-0.15, -0.1) is 22.7 Å². The average molecular weight is 444 g/mol. The standard InChI is InChI=1S/C20H17N3O3S3/c1-12(13-6-8-14(9-7-13)29(21,25)26)22-19(24)17-10-11-18(27-17)20-23-15-4-2-3-5-16(15)28-20/h2-12H,1H3,(H,22,24)(H2,21,25,26)/t12-/m1/s1. The Morgan fingerprint density at radius 3 is 2.45 bits per heavy atom. The first kappa shape index (κ1) is 19.7. The molecule has 1 amide bonds. The molecule has 0 aliphatic carbocycles. The van der Waals surface area contributed by atoms with Gasteiger partial charge in [0.15, 0.2) is 0 Å². The van der Waals surface area contributed by atoms with E-state index in [-0.39, 0.29) is 16.8 Å². The first-order valence-electron chi connectivity index (χ1n) is 8.71.